The van der Waals surface area contributed by atoms with Crippen molar-refractivity contribution in [3.05, 3.63) is 40.3 Å². The molecule has 0 N–H and O–H groups in total. The molecule has 2 aliphatic rings. The Labute approximate surface area is 145 Å². The highest BCUT2D eigenvalue weighted by atomic mass is 16.5. The van der Waals surface area contributed by atoms with Crippen LogP contribution in [0.2, 0.25) is 0 Å². The Morgan fingerprint density at radius 1 is 1.28 bits per heavy atom. The zero-order valence-corrected chi connectivity index (χ0v) is 14.2. The van der Waals surface area contributed by atoms with Crippen LogP contribution in [-0.2, 0) is 25.9 Å². The predicted octanol–water partition coefficient (Wildman–Crippen LogP) is 1.69. The summed E-state index contributed by atoms with van der Waals surface area (Å²) in [5, 5.41) is 13.3. The van der Waals surface area contributed by atoms with Gasteiger partial charge in [0.25, 0.3) is 5.91 Å². The van der Waals surface area contributed by atoms with Gasteiger partial charge in [-0.25, -0.2) is 4.98 Å². The molecular formula is C18H19N5O2. The Hall–Kier alpha value is -2.88. The van der Waals surface area contributed by atoms with Crippen molar-refractivity contribution in [3.63, 3.8) is 0 Å². The highest BCUT2D eigenvalue weighted by Gasteiger charge is 2.27. The van der Waals surface area contributed by atoms with Gasteiger partial charge in [0, 0.05) is 18.8 Å². The van der Waals surface area contributed by atoms with Crippen LogP contribution >= 0.6 is 0 Å². The first-order valence-electron chi connectivity index (χ1n) is 8.52. The molecule has 7 heteroatoms. The molecule has 25 heavy (non-hydrogen) atoms. The van der Waals surface area contributed by atoms with Crippen molar-refractivity contribution in [2.45, 2.75) is 38.8 Å². The number of pyridine rings is 1. The quantitative estimate of drug-likeness (QED) is 0.833. The van der Waals surface area contributed by atoms with Crippen molar-refractivity contribution in [1.82, 2.24) is 19.7 Å². The number of methoxy groups -OCH3 is 1. The van der Waals surface area contributed by atoms with E-state index in [2.05, 4.69) is 16.2 Å². The van der Waals surface area contributed by atoms with E-state index >= 15 is 0 Å². The van der Waals surface area contributed by atoms with E-state index in [0.29, 0.717) is 36.8 Å². The van der Waals surface area contributed by atoms with E-state index in [1.165, 1.54) is 0 Å². The normalized spacial score (nSPS) is 15.9. The number of amides is 1. The second-order valence-electron chi connectivity index (χ2n) is 6.44. The number of rotatable bonds is 2. The average molecular weight is 337 g/mol. The Morgan fingerprint density at radius 2 is 2.16 bits per heavy atom. The summed E-state index contributed by atoms with van der Waals surface area (Å²) in [6.07, 6.45) is 3.78. The maximum Gasteiger partial charge on any atom is 0.259 e. The van der Waals surface area contributed by atoms with Gasteiger partial charge in [0.15, 0.2) is 5.69 Å². The van der Waals surface area contributed by atoms with Gasteiger partial charge < -0.3 is 9.64 Å². The van der Waals surface area contributed by atoms with E-state index in [0.717, 1.165) is 42.6 Å². The van der Waals surface area contributed by atoms with Crippen molar-refractivity contribution in [3.8, 4) is 11.9 Å². The minimum Gasteiger partial charge on any atom is -0.480 e. The molecule has 7 nitrogen and oxygen atoms in total. The maximum atomic E-state index is 13.1. The molecule has 0 unspecified atom stereocenters. The molecule has 2 aromatic heterocycles. The number of carbonyl (C=O) groups is 1. The number of nitrogens with zero attached hydrogens (tertiary/aromatic N) is 5. The molecule has 128 valence electrons. The van der Waals surface area contributed by atoms with E-state index in [-0.39, 0.29) is 5.91 Å². The second-order valence-corrected chi connectivity index (χ2v) is 6.44. The van der Waals surface area contributed by atoms with Crippen LogP contribution in [0.25, 0.3) is 0 Å². The standard InChI is InChI=1S/C18H19N5O2/c1-25-17-15(8-12-4-2-5-16(12)20-17)18(24)22-6-3-7-23-14(11-22)9-13(10-19)21-23/h8-9H,2-7,11H2,1H3. The third-order valence-corrected chi connectivity index (χ3v) is 4.86. The van der Waals surface area contributed by atoms with Crippen LogP contribution < -0.4 is 4.74 Å². The van der Waals surface area contributed by atoms with E-state index in [9.17, 15) is 4.79 Å². The third kappa shape index (κ3) is 2.74. The van der Waals surface area contributed by atoms with Gasteiger partial charge in [-0.05, 0) is 43.4 Å². The molecule has 0 radical (unpaired) electrons. The number of fused-ring (bicyclic) bond motifs is 2. The second kappa shape index (κ2) is 6.20. The number of carbonyl (C=O) groups excluding carboxylic acids is 1. The van der Waals surface area contributed by atoms with Gasteiger partial charge in [-0.15, -0.1) is 0 Å². The number of hydrogen-bond donors (Lipinski definition) is 0. The summed E-state index contributed by atoms with van der Waals surface area (Å²) in [4.78, 5) is 19.5. The molecule has 1 aliphatic carbocycles. The first-order chi connectivity index (χ1) is 12.2. The van der Waals surface area contributed by atoms with Crippen molar-refractivity contribution >= 4 is 5.91 Å². The molecule has 1 aliphatic heterocycles. The molecule has 0 saturated carbocycles. The summed E-state index contributed by atoms with van der Waals surface area (Å²) < 4.78 is 7.21. The minimum absolute atomic E-state index is 0.0767. The SMILES string of the molecule is COc1nc2c(cc1C(=O)N1CCCn3nc(C#N)cc3C1)CCC2. The number of hydrogen-bond acceptors (Lipinski definition) is 5. The fraction of sp³-hybridized carbons (Fsp3) is 0.444. The molecular weight excluding hydrogens is 318 g/mol. The molecule has 3 heterocycles. The predicted molar refractivity (Wildman–Crippen MR) is 89.1 cm³/mol. The number of nitriles is 1. The van der Waals surface area contributed by atoms with Gasteiger partial charge in [-0.2, -0.15) is 10.4 Å². The van der Waals surface area contributed by atoms with E-state index in [1.54, 1.807) is 18.1 Å². The smallest absolute Gasteiger partial charge is 0.259 e. The summed E-state index contributed by atoms with van der Waals surface area (Å²) >= 11 is 0. The Bertz CT molecular complexity index is 880. The first-order valence-corrected chi connectivity index (χ1v) is 8.52. The van der Waals surface area contributed by atoms with E-state index in [4.69, 9.17) is 10.00 Å². The fourth-order valence-electron chi connectivity index (χ4n) is 3.62. The van der Waals surface area contributed by atoms with Crippen LogP contribution in [0.4, 0.5) is 0 Å². The Balaban J connectivity index is 1.66. The van der Waals surface area contributed by atoms with E-state index in [1.807, 2.05) is 10.7 Å². The van der Waals surface area contributed by atoms with Gasteiger partial charge in [-0.1, -0.05) is 0 Å². The van der Waals surface area contributed by atoms with Crippen LogP contribution in [0.1, 0.15) is 45.8 Å². The van der Waals surface area contributed by atoms with Crippen molar-refractivity contribution in [1.29, 1.82) is 5.26 Å². The summed E-state index contributed by atoms with van der Waals surface area (Å²) in [6.45, 7) is 1.79. The monoisotopic (exact) mass is 337 g/mol. The number of aromatic nitrogens is 3. The molecule has 0 bridgehead atoms. The van der Waals surface area contributed by atoms with Gasteiger partial charge in [0.05, 0.1) is 19.3 Å². The van der Waals surface area contributed by atoms with Gasteiger partial charge >= 0.3 is 0 Å². The molecule has 0 fully saturated rings. The van der Waals surface area contributed by atoms with Crippen LogP contribution in [0, 0.1) is 11.3 Å². The van der Waals surface area contributed by atoms with Crippen LogP contribution in [0.5, 0.6) is 5.88 Å². The van der Waals surface area contributed by atoms with Gasteiger partial charge in [0.1, 0.15) is 11.6 Å². The largest absolute Gasteiger partial charge is 0.480 e. The zero-order chi connectivity index (χ0) is 17.4. The molecule has 0 spiro atoms. The molecule has 4 rings (SSSR count). The van der Waals surface area contributed by atoms with Crippen LogP contribution in [-0.4, -0.2) is 39.2 Å². The third-order valence-electron chi connectivity index (χ3n) is 4.86. The lowest BCUT2D eigenvalue weighted by Crippen LogP contribution is -2.31. The van der Waals surface area contributed by atoms with Gasteiger partial charge in [-0.3, -0.25) is 9.48 Å². The molecule has 0 aromatic carbocycles. The maximum absolute atomic E-state index is 13.1. The highest BCUT2D eigenvalue weighted by Crippen LogP contribution is 2.28. The zero-order valence-electron chi connectivity index (χ0n) is 14.2. The lowest BCUT2D eigenvalue weighted by Gasteiger charge is -2.21. The number of ether oxygens (including phenoxy) is 1. The Kier molecular flexibility index (Phi) is 3.88. The summed E-state index contributed by atoms with van der Waals surface area (Å²) in [5.41, 5.74) is 3.99. The summed E-state index contributed by atoms with van der Waals surface area (Å²) in [7, 11) is 1.55. The van der Waals surface area contributed by atoms with Crippen molar-refractivity contribution in [2.24, 2.45) is 0 Å². The number of aryl methyl sites for hydroxylation is 3. The highest BCUT2D eigenvalue weighted by molar-refractivity contribution is 5.96. The Morgan fingerprint density at radius 3 is 2.96 bits per heavy atom. The molecule has 2 aromatic rings. The molecule has 0 atom stereocenters. The van der Waals surface area contributed by atoms with Crippen LogP contribution in [0.3, 0.4) is 0 Å². The first kappa shape index (κ1) is 15.6. The average Bonchev–Trinajstić information content (AvgIpc) is 3.20. The topological polar surface area (TPSA) is 84.0 Å². The van der Waals surface area contributed by atoms with E-state index < -0.39 is 0 Å². The van der Waals surface area contributed by atoms with Crippen molar-refractivity contribution in [2.75, 3.05) is 13.7 Å². The van der Waals surface area contributed by atoms with Gasteiger partial charge in [0.2, 0.25) is 5.88 Å². The lowest BCUT2D eigenvalue weighted by molar-refractivity contribution is 0.0741. The molecule has 0 saturated heterocycles. The molecule has 1 amide bonds. The lowest BCUT2D eigenvalue weighted by atomic mass is 10.1. The fourth-order valence-corrected chi connectivity index (χ4v) is 3.62. The minimum atomic E-state index is -0.0767. The van der Waals surface area contributed by atoms with Crippen molar-refractivity contribution < 1.29 is 9.53 Å². The summed E-state index contributed by atoms with van der Waals surface area (Å²) in [5.74, 6) is 0.327. The summed E-state index contributed by atoms with van der Waals surface area (Å²) in [6, 6.07) is 5.76. The van der Waals surface area contributed by atoms with Crippen LogP contribution in [0.15, 0.2) is 12.1 Å².